The number of para-hydroxylation sites is 1. The van der Waals surface area contributed by atoms with Crippen LogP contribution in [0.2, 0.25) is 0 Å². The van der Waals surface area contributed by atoms with Gasteiger partial charge in [0.1, 0.15) is 0 Å². The Kier molecular flexibility index (Phi) is 6.56. The number of hydrogen-bond acceptors (Lipinski definition) is 4. The van der Waals surface area contributed by atoms with Crippen molar-refractivity contribution in [2.75, 3.05) is 22.5 Å². The van der Waals surface area contributed by atoms with Crippen LogP contribution in [0, 0.1) is 0 Å². The number of carbonyl (C=O) groups excluding carboxylic acids is 2. The molecule has 0 unspecified atom stereocenters. The Morgan fingerprint density at radius 1 is 0.906 bits per heavy atom. The number of aromatic carboxylic acids is 1. The molecule has 32 heavy (non-hydrogen) atoms. The zero-order valence-electron chi connectivity index (χ0n) is 17.3. The molecule has 0 atom stereocenters. The first-order chi connectivity index (χ1) is 15.5. The first-order valence-corrected chi connectivity index (χ1v) is 11.3. The van der Waals surface area contributed by atoms with Crippen molar-refractivity contribution in [1.82, 2.24) is 0 Å². The molecule has 0 fully saturated rings. The molecule has 0 aliphatic carbocycles. The van der Waals surface area contributed by atoms with Gasteiger partial charge in [-0.2, -0.15) is 0 Å². The van der Waals surface area contributed by atoms with Gasteiger partial charge in [-0.15, -0.1) is 11.8 Å². The van der Waals surface area contributed by atoms with Crippen LogP contribution in [-0.2, 0) is 11.2 Å². The van der Waals surface area contributed by atoms with E-state index in [0.29, 0.717) is 11.4 Å². The summed E-state index contributed by atoms with van der Waals surface area (Å²) in [5.74, 6) is -1.23. The van der Waals surface area contributed by atoms with Gasteiger partial charge in [0.15, 0.2) is 0 Å². The highest BCUT2D eigenvalue weighted by Gasteiger charge is 2.22. The molecule has 3 aromatic carbocycles. The molecule has 162 valence electrons. The fraction of sp³-hybridized carbons (Fsp3) is 0.160. The first-order valence-electron chi connectivity index (χ1n) is 10.3. The summed E-state index contributed by atoms with van der Waals surface area (Å²) < 4.78 is 0. The molecule has 0 aromatic heterocycles. The molecule has 3 aromatic rings. The lowest BCUT2D eigenvalue weighted by atomic mass is 10.0. The molecule has 4 rings (SSSR count). The summed E-state index contributed by atoms with van der Waals surface area (Å²) >= 11 is 1.45. The normalized spacial score (nSPS) is 12.7. The Bertz CT molecular complexity index is 1160. The molecule has 2 N–H and O–H groups in total. The minimum atomic E-state index is -1.15. The Morgan fingerprint density at radius 2 is 1.59 bits per heavy atom. The van der Waals surface area contributed by atoms with E-state index in [0.717, 1.165) is 30.0 Å². The van der Waals surface area contributed by atoms with Crippen LogP contribution in [0.1, 0.15) is 32.7 Å². The summed E-state index contributed by atoms with van der Waals surface area (Å²) in [6, 6.07) is 21.3. The third-order valence-corrected chi connectivity index (χ3v) is 6.28. The van der Waals surface area contributed by atoms with Gasteiger partial charge in [-0.1, -0.05) is 30.3 Å². The number of carbonyl (C=O) groups is 3. The number of amides is 2. The van der Waals surface area contributed by atoms with Crippen molar-refractivity contribution in [3.63, 3.8) is 0 Å². The molecule has 1 aliphatic heterocycles. The topological polar surface area (TPSA) is 86.7 Å². The van der Waals surface area contributed by atoms with Crippen LogP contribution in [-0.4, -0.2) is 35.2 Å². The van der Waals surface area contributed by atoms with E-state index in [-0.39, 0.29) is 17.0 Å². The number of carboxylic acids is 1. The molecule has 0 radical (unpaired) electrons. The lowest BCUT2D eigenvalue weighted by Gasteiger charge is -2.29. The van der Waals surface area contributed by atoms with Crippen LogP contribution in [0.5, 0.6) is 0 Å². The molecule has 0 spiro atoms. The van der Waals surface area contributed by atoms with Gasteiger partial charge >= 0.3 is 5.97 Å². The zero-order valence-corrected chi connectivity index (χ0v) is 18.1. The number of benzene rings is 3. The number of rotatable bonds is 6. The molecule has 1 heterocycles. The summed E-state index contributed by atoms with van der Waals surface area (Å²) in [5.41, 5.74) is 2.82. The van der Waals surface area contributed by atoms with Gasteiger partial charge in [0.2, 0.25) is 5.91 Å². The van der Waals surface area contributed by atoms with Crippen molar-refractivity contribution in [1.29, 1.82) is 0 Å². The maximum Gasteiger partial charge on any atom is 0.336 e. The van der Waals surface area contributed by atoms with Crippen LogP contribution in [0.25, 0.3) is 0 Å². The van der Waals surface area contributed by atoms with Crippen LogP contribution in [0.4, 0.5) is 11.4 Å². The second kappa shape index (κ2) is 9.70. The summed E-state index contributed by atoms with van der Waals surface area (Å²) in [7, 11) is 0. The first kappa shape index (κ1) is 21.6. The maximum absolute atomic E-state index is 12.8. The standard InChI is InChI=1S/C25H22N2O4S/c28-23(27-15-5-7-17-6-1-4-10-22(17)27)16-32-19-13-11-18(12-14-19)26-24(29)20-8-2-3-9-21(20)25(30)31/h1-4,6,8-14H,5,7,15-16H2,(H,26,29)(H,30,31). The molecule has 1 aliphatic rings. The van der Waals surface area contributed by atoms with Crippen molar-refractivity contribution >= 4 is 40.9 Å². The van der Waals surface area contributed by atoms with Crippen LogP contribution < -0.4 is 10.2 Å². The number of nitrogens with zero attached hydrogens (tertiary/aromatic N) is 1. The summed E-state index contributed by atoms with van der Waals surface area (Å²) in [6.07, 6.45) is 1.96. The van der Waals surface area contributed by atoms with Crippen molar-refractivity contribution in [2.24, 2.45) is 0 Å². The molecule has 7 heteroatoms. The number of aryl methyl sites for hydroxylation is 1. The lowest BCUT2D eigenvalue weighted by Crippen LogP contribution is -2.36. The van der Waals surface area contributed by atoms with Crippen LogP contribution in [0.3, 0.4) is 0 Å². The molecule has 0 saturated carbocycles. The monoisotopic (exact) mass is 446 g/mol. The fourth-order valence-corrected chi connectivity index (χ4v) is 4.49. The van der Waals surface area contributed by atoms with Gasteiger partial charge in [-0.3, -0.25) is 9.59 Å². The number of thioether (sulfide) groups is 1. The minimum absolute atomic E-state index is 0.0463. The van der Waals surface area contributed by atoms with Gasteiger partial charge in [0.05, 0.1) is 16.9 Å². The predicted octanol–water partition coefficient (Wildman–Crippen LogP) is 4.71. The molecular weight excluding hydrogens is 424 g/mol. The molecule has 2 amide bonds. The number of carboxylic acid groups (broad SMARTS) is 1. The van der Waals surface area contributed by atoms with E-state index < -0.39 is 11.9 Å². The molecular formula is C25H22N2O4S. The van der Waals surface area contributed by atoms with Gasteiger partial charge in [0.25, 0.3) is 5.91 Å². The van der Waals surface area contributed by atoms with Crippen molar-refractivity contribution in [3.05, 3.63) is 89.5 Å². The van der Waals surface area contributed by atoms with E-state index >= 15 is 0 Å². The third kappa shape index (κ3) is 4.84. The molecule has 0 bridgehead atoms. The van der Waals surface area contributed by atoms with E-state index in [2.05, 4.69) is 11.4 Å². The van der Waals surface area contributed by atoms with E-state index in [9.17, 15) is 19.5 Å². The zero-order chi connectivity index (χ0) is 22.5. The van der Waals surface area contributed by atoms with Gasteiger partial charge in [-0.05, 0) is 60.9 Å². The van der Waals surface area contributed by atoms with Gasteiger partial charge in [-0.25, -0.2) is 4.79 Å². The summed E-state index contributed by atoms with van der Waals surface area (Å²) in [4.78, 5) is 39.4. The van der Waals surface area contributed by atoms with E-state index in [1.807, 2.05) is 35.2 Å². The summed E-state index contributed by atoms with van der Waals surface area (Å²) in [5, 5.41) is 12.0. The second-order valence-electron chi connectivity index (χ2n) is 7.40. The Hall–Kier alpha value is -3.58. The number of fused-ring (bicyclic) bond motifs is 1. The van der Waals surface area contributed by atoms with E-state index in [4.69, 9.17) is 0 Å². The van der Waals surface area contributed by atoms with Crippen molar-refractivity contribution in [2.45, 2.75) is 17.7 Å². The lowest BCUT2D eigenvalue weighted by molar-refractivity contribution is -0.116. The quantitative estimate of drug-likeness (QED) is 0.536. The maximum atomic E-state index is 12.8. The fourth-order valence-electron chi connectivity index (χ4n) is 3.72. The summed E-state index contributed by atoms with van der Waals surface area (Å²) in [6.45, 7) is 0.735. The van der Waals surface area contributed by atoms with Gasteiger partial charge < -0.3 is 15.3 Å². The SMILES string of the molecule is O=C(O)c1ccccc1C(=O)Nc1ccc(SCC(=O)N2CCCc3ccccc32)cc1. The highest BCUT2D eigenvalue weighted by Crippen LogP contribution is 2.28. The smallest absolute Gasteiger partial charge is 0.336 e. The number of anilines is 2. The second-order valence-corrected chi connectivity index (χ2v) is 8.44. The van der Waals surface area contributed by atoms with Crippen molar-refractivity contribution < 1.29 is 19.5 Å². The number of nitrogens with one attached hydrogen (secondary N) is 1. The average Bonchev–Trinajstić information content (AvgIpc) is 2.83. The average molecular weight is 447 g/mol. The van der Waals surface area contributed by atoms with Crippen LogP contribution >= 0.6 is 11.8 Å². The van der Waals surface area contributed by atoms with Crippen molar-refractivity contribution in [3.8, 4) is 0 Å². The Balaban J connectivity index is 1.36. The highest BCUT2D eigenvalue weighted by atomic mass is 32.2. The van der Waals surface area contributed by atoms with E-state index in [1.54, 1.807) is 24.3 Å². The predicted molar refractivity (Wildman–Crippen MR) is 126 cm³/mol. The molecule has 0 saturated heterocycles. The number of hydrogen-bond donors (Lipinski definition) is 2. The molecule has 6 nitrogen and oxygen atoms in total. The largest absolute Gasteiger partial charge is 0.478 e. The van der Waals surface area contributed by atoms with E-state index in [1.165, 1.54) is 29.5 Å². The van der Waals surface area contributed by atoms with Crippen LogP contribution in [0.15, 0.2) is 77.7 Å². The minimum Gasteiger partial charge on any atom is -0.478 e. The third-order valence-electron chi connectivity index (χ3n) is 5.29. The van der Waals surface area contributed by atoms with Gasteiger partial charge in [0, 0.05) is 22.8 Å². The Labute approximate surface area is 190 Å². The highest BCUT2D eigenvalue weighted by molar-refractivity contribution is 8.00. The Morgan fingerprint density at radius 3 is 2.34 bits per heavy atom.